The number of hydrogen-bond donors (Lipinski definition) is 0. The van der Waals surface area contributed by atoms with Gasteiger partial charge in [-0.05, 0) is 17.7 Å². The Bertz CT molecular complexity index is 1040. The van der Waals surface area contributed by atoms with E-state index in [-0.39, 0.29) is 5.75 Å². The molecule has 1 aliphatic rings. The second-order valence-electron chi connectivity index (χ2n) is 6.78. The van der Waals surface area contributed by atoms with E-state index >= 15 is 0 Å². The number of rotatable bonds is 5. The number of para-hydroxylation sites is 1. The van der Waals surface area contributed by atoms with Crippen molar-refractivity contribution >= 4 is 15.7 Å². The molecule has 28 heavy (non-hydrogen) atoms. The van der Waals surface area contributed by atoms with E-state index < -0.39 is 10.0 Å². The smallest absolute Gasteiger partial charge is 0.223 e. The van der Waals surface area contributed by atoms with Gasteiger partial charge in [0.2, 0.25) is 21.7 Å². The Morgan fingerprint density at radius 2 is 1.64 bits per heavy atom. The molecule has 3 aromatic rings. The van der Waals surface area contributed by atoms with Gasteiger partial charge in [0, 0.05) is 44.4 Å². The molecule has 0 radical (unpaired) electrons. The first-order chi connectivity index (χ1) is 13.5. The third-order valence-electron chi connectivity index (χ3n) is 4.84. The lowest BCUT2D eigenvalue weighted by atomic mass is 10.1. The molecule has 1 fully saturated rings. The summed E-state index contributed by atoms with van der Waals surface area (Å²) in [5, 5.41) is 4.02. The SMILES string of the molecule is Cc1nc(-c2ccccc2N2CCN(S(=O)(=O)Cc3ccccc3)CC2)no1. The monoisotopic (exact) mass is 398 g/mol. The van der Waals surface area contributed by atoms with Gasteiger partial charge in [-0.25, -0.2) is 8.42 Å². The molecule has 8 heteroatoms. The van der Waals surface area contributed by atoms with Crippen LogP contribution in [0.2, 0.25) is 0 Å². The first-order valence-electron chi connectivity index (χ1n) is 9.19. The molecule has 0 amide bonds. The normalized spacial score (nSPS) is 15.7. The summed E-state index contributed by atoms with van der Waals surface area (Å²) in [5.41, 5.74) is 2.69. The summed E-state index contributed by atoms with van der Waals surface area (Å²) in [6.07, 6.45) is 0. The predicted molar refractivity (Wildman–Crippen MR) is 107 cm³/mol. The van der Waals surface area contributed by atoms with Crippen molar-refractivity contribution in [1.82, 2.24) is 14.4 Å². The average molecular weight is 398 g/mol. The van der Waals surface area contributed by atoms with Crippen LogP contribution < -0.4 is 4.90 Å². The second-order valence-corrected chi connectivity index (χ2v) is 8.75. The van der Waals surface area contributed by atoms with Crippen LogP contribution >= 0.6 is 0 Å². The fourth-order valence-corrected chi connectivity index (χ4v) is 4.95. The zero-order chi connectivity index (χ0) is 19.6. The fourth-order valence-electron chi connectivity index (χ4n) is 3.43. The Morgan fingerprint density at radius 1 is 0.964 bits per heavy atom. The molecule has 4 rings (SSSR count). The van der Waals surface area contributed by atoms with Gasteiger partial charge in [-0.3, -0.25) is 0 Å². The summed E-state index contributed by atoms with van der Waals surface area (Å²) in [4.78, 5) is 6.50. The lowest BCUT2D eigenvalue weighted by molar-refractivity contribution is 0.384. The molecule has 0 spiro atoms. The van der Waals surface area contributed by atoms with Crippen molar-refractivity contribution in [2.24, 2.45) is 0 Å². The second kappa shape index (κ2) is 7.73. The van der Waals surface area contributed by atoms with E-state index in [1.54, 1.807) is 11.2 Å². The van der Waals surface area contributed by atoms with Crippen LogP contribution in [0.5, 0.6) is 0 Å². The molecule has 1 aromatic heterocycles. The molecule has 0 aliphatic carbocycles. The number of anilines is 1. The van der Waals surface area contributed by atoms with E-state index in [1.807, 2.05) is 54.6 Å². The van der Waals surface area contributed by atoms with E-state index in [2.05, 4.69) is 15.0 Å². The molecule has 0 unspecified atom stereocenters. The zero-order valence-corrected chi connectivity index (χ0v) is 16.5. The van der Waals surface area contributed by atoms with Crippen LogP contribution in [-0.2, 0) is 15.8 Å². The van der Waals surface area contributed by atoms with Gasteiger partial charge in [0.05, 0.1) is 5.75 Å². The van der Waals surface area contributed by atoms with E-state index in [0.29, 0.717) is 37.9 Å². The molecule has 0 bridgehead atoms. The summed E-state index contributed by atoms with van der Waals surface area (Å²) < 4.78 is 32.2. The third kappa shape index (κ3) is 3.93. The van der Waals surface area contributed by atoms with Gasteiger partial charge in [0.15, 0.2) is 0 Å². The van der Waals surface area contributed by atoms with Gasteiger partial charge >= 0.3 is 0 Å². The summed E-state index contributed by atoms with van der Waals surface area (Å²) in [6.45, 7) is 3.89. The van der Waals surface area contributed by atoms with Crippen LogP contribution in [0.15, 0.2) is 59.1 Å². The molecule has 0 saturated carbocycles. The Hall–Kier alpha value is -2.71. The standard InChI is InChI=1S/C20H22N4O3S/c1-16-21-20(22-27-16)18-9-5-6-10-19(18)23-11-13-24(14-12-23)28(25,26)15-17-7-3-2-4-8-17/h2-10H,11-15H2,1H3. The van der Waals surface area contributed by atoms with E-state index in [4.69, 9.17) is 4.52 Å². The highest BCUT2D eigenvalue weighted by Gasteiger charge is 2.28. The maximum Gasteiger partial charge on any atom is 0.223 e. The summed E-state index contributed by atoms with van der Waals surface area (Å²) in [5.74, 6) is 1.10. The largest absolute Gasteiger partial charge is 0.368 e. The Kier molecular flexibility index (Phi) is 5.15. The van der Waals surface area contributed by atoms with Crippen molar-refractivity contribution in [3.63, 3.8) is 0 Å². The van der Waals surface area contributed by atoms with Gasteiger partial charge < -0.3 is 9.42 Å². The lowest BCUT2D eigenvalue weighted by Gasteiger charge is -2.36. The van der Waals surface area contributed by atoms with Crippen molar-refractivity contribution in [1.29, 1.82) is 0 Å². The molecule has 1 saturated heterocycles. The summed E-state index contributed by atoms with van der Waals surface area (Å²) >= 11 is 0. The van der Waals surface area contributed by atoms with Gasteiger partial charge in [0.1, 0.15) is 0 Å². The van der Waals surface area contributed by atoms with E-state index in [1.165, 1.54) is 0 Å². The quantitative estimate of drug-likeness (QED) is 0.657. The van der Waals surface area contributed by atoms with E-state index in [0.717, 1.165) is 16.8 Å². The zero-order valence-electron chi connectivity index (χ0n) is 15.7. The Morgan fingerprint density at radius 3 is 2.32 bits per heavy atom. The molecular weight excluding hydrogens is 376 g/mol. The third-order valence-corrected chi connectivity index (χ3v) is 6.69. The summed E-state index contributed by atoms with van der Waals surface area (Å²) in [6, 6.07) is 17.2. The number of nitrogens with zero attached hydrogens (tertiary/aromatic N) is 4. The summed E-state index contributed by atoms with van der Waals surface area (Å²) in [7, 11) is -3.33. The number of benzene rings is 2. The van der Waals surface area contributed by atoms with Crippen LogP contribution in [0, 0.1) is 6.92 Å². The highest BCUT2D eigenvalue weighted by atomic mass is 32.2. The highest BCUT2D eigenvalue weighted by Crippen LogP contribution is 2.30. The maximum absolute atomic E-state index is 12.8. The van der Waals surface area contributed by atoms with Crippen LogP contribution in [-0.4, -0.2) is 49.0 Å². The molecule has 0 atom stereocenters. The molecule has 2 aromatic carbocycles. The minimum atomic E-state index is -3.33. The van der Waals surface area contributed by atoms with Crippen LogP contribution in [0.4, 0.5) is 5.69 Å². The number of aromatic nitrogens is 2. The van der Waals surface area contributed by atoms with Crippen LogP contribution in [0.25, 0.3) is 11.4 Å². The number of sulfonamides is 1. The molecule has 1 aliphatic heterocycles. The van der Waals surface area contributed by atoms with Crippen molar-refractivity contribution in [3.8, 4) is 11.4 Å². The van der Waals surface area contributed by atoms with Gasteiger partial charge in [-0.15, -0.1) is 0 Å². The van der Waals surface area contributed by atoms with Crippen LogP contribution in [0.3, 0.4) is 0 Å². The number of piperazine rings is 1. The minimum Gasteiger partial charge on any atom is -0.368 e. The van der Waals surface area contributed by atoms with E-state index in [9.17, 15) is 8.42 Å². The first-order valence-corrected chi connectivity index (χ1v) is 10.8. The Balaban J connectivity index is 1.48. The van der Waals surface area contributed by atoms with Gasteiger partial charge in [-0.1, -0.05) is 47.6 Å². The maximum atomic E-state index is 12.8. The van der Waals surface area contributed by atoms with Gasteiger partial charge in [-0.2, -0.15) is 9.29 Å². The van der Waals surface area contributed by atoms with Crippen LogP contribution in [0.1, 0.15) is 11.5 Å². The topological polar surface area (TPSA) is 79.5 Å². The minimum absolute atomic E-state index is 0.0343. The fraction of sp³-hybridized carbons (Fsp3) is 0.300. The molecule has 2 heterocycles. The average Bonchev–Trinajstić information content (AvgIpc) is 3.15. The first kappa shape index (κ1) is 18.6. The molecule has 146 valence electrons. The molecular formula is C20H22N4O3S. The van der Waals surface area contributed by atoms with Gasteiger partial charge in [0.25, 0.3) is 0 Å². The van der Waals surface area contributed by atoms with Crippen molar-refractivity contribution in [2.45, 2.75) is 12.7 Å². The number of hydrogen-bond acceptors (Lipinski definition) is 6. The molecule has 0 N–H and O–H groups in total. The van der Waals surface area contributed by atoms with Crippen molar-refractivity contribution in [3.05, 3.63) is 66.1 Å². The lowest BCUT2D eigenvalue weighted by Crippen LogP contribution is -2.49. The number of aryl methyl sites for hydroxylation is 1. The van der Waals surface area contributed by atoms with Crippen molar-refractivity contribution < 1.29 is 12.9 Å². The highest BCUT2D eigenvalue weighted by molar-refractivity contribution is 7.88. The molecule has 7 nitrogen and oxygen atoms in total. The Labute approximate surface area is 164 Å². The predicted octanol–water partition coefficient (Wildman–Crippen LogP) is 2.70. The van der Waals surface area contributed by atoms with Crippen molar-refractivity contribution in [2.75, 3.05) is 31.1 Å².